The molecule has 0 heterocycles. The van der Waals surface area contributed by atoms with Gasteiger partial charge in [0.15, 0.2) is 6.10 Å². The fourth-order valence-electron chi connectivity index (χ4n) is 2.08. The highest BCUT2D eigenvalue weighted by molar-refractivity contribution is 5.94. The Bertz CT molecular complexity index is 715. The minimum atomic E-state index is -0.671. The number of nitrogens with one attached hydrogen (secondary N) is 1. The molecule has 0 fully saturated rings. The van der Waals surface area contributed by atoms with Gasteiger partial charge in [0.1, 0.15) is 5.75 Å². The number of para-hydroxylation sites is 1. The van der Waals surface area contributed by atoms with Gasteiger partial charge in [-0.2, -0.15) is 0 Å². The molecule has 0 saturated carbocycles. The van der Waals surface area contributed by atoms with Crippen molar-refractivity contribution in [1.82, 2.24) is 0 Å². The summed E-state index contributed by atoms with van der Waals surface area (Å²) < 4.78 is 5.76. The maximum Gasteiger partial charge on any atom is 0.271 e. The predicted octanol–water partition coefficient (Wildman–Crippen LogP) is 3.70. The number of non-ortho nitro benzene ring substituents is 1. The molecular weight excluding hydrogens is 296 g/mol. The van der Waals surface area contributed by atoms with Crippen molar-refractivity contribution in [3.8, 4) is 5.75 Å². The standard InChI is InChI=1S/C17H18N2O4/c1-3-15(23-16-10-5-4-7-12(16)2)17(20)18-13-8-6-9-14(11-13)19(21)22/h4-11,15H,3H2,1-2H3,(H,18,20). The molecule has 1 unspecified atom stereocenters. The molecule has 1 amide bonds. The van der Waals surface area contributed by atoms with Gasteiger partial charge in [-0.15, -0.1) is 0 Å². The molecule has 0 aromatic heterocycles. The number of hydrogen-bond acceptors (Lipinski definition) is 4. The van der Waals surface area contributed by atoms with Crippen molar-refractivity contribution < 1.29 is 14.5 Å². The summed E-state index contributed by atoms with van der Waals surface area (Å²) >= 11 is 0. The number of anilines is 1. The number of benzene rings is 2. The Morgan fingerprint density at radius 3 is 2.65 bits per heavy atom. The Hall–Kier alpha value is -2.89. The smallest absolute Gasteiger partial charge is 0.271 e. The number of rotatable bonds is 6. The minimum absolute atomic E-state index is 0.0735. The quantitative estimate of drug-likeness (QED) is 0.651. The fourth-order valence-corrected chi connectivity index (χ4v) is 2.08. The monoisotopic (exact) mass is 314 g/mol. The molecular formula is C17H18N2O4. The number of nitro benzene ring substituents is 1. The van der Waals surface area contributed by atoms with Gasteiger partial charge in [-0.25, -0.2) is 0 Å². The number of aryl methyl sites for hydroxylation is 1. The molecule has 0 aliphatic heterocycles. The van der Waals surface area contributed by atoms with Crippen LogP contribution in [0.3, 0.4) is 0 Å². The zero-order valence-electron chi connectivity index (χ0n) is 13.0. The van der Waals surface area contributed by atoms with Crippen LogP contribution < -0.4 is 10.1 Å². The van der Waals surface area contributed by atoms with Gasteiger partial charge < -0.3 is 10.1 Å². The van der Waals surface area contributed by atoms with E-state index in [4.69, 9.17) is 4.74 Å². The minimum Gasteiger partial charge on any atom is -0.480 e. The molecule has 1 N–H and O–H groups in total. The molecule has 6 heteroatoms. The molecule has 0 spiro atoms. The van der Waals surface area contributed by atoms with Crippen molar-refractivity contribution in [3.63, 3.8) is 0 Å². The van der Waals surface area contributed by atoms with E-state index in [2.05, 4.69) is 5.32 Å². The van der Waals surface area contributed by atoms with Crippen LogP contribution in [-0.4, -0.2) is 16.9 Å². The summed E-state index contributed by atoms with van der Waals surface area (Å²) in [6.07, 6.45) is -0.190. The molecule has 0 saturated heterocycles. The van der Waals surface area contributed by atoms with E-state index in [1.165, 1.54) is 18.2 Å². The summed E-state index contributed by atoms with van der Waals surface area (Å²) in [5.41, 5.74) is 1.24. The molecule has 0 aliphatic carbocycles. The van der Waals surface area contributed by atoms with Crippen molar-refractivity contribution in [3.05, 3.63) is 64.2 Å². The zero-order valence-corrected chi connectivity index (χ0v) is 13.0. The van der Waals surface area contributed by atoms with Gasteiger partial charge in [0.25, 0.3) is 11.6 Å². The van der Waals surface area contributed by atoms with Gasteiger partial charge >= 0.3 is 0 Å². The molecule has 1 atom stereocenters. The van der Waals surface area contributed by atoms with E-state index in [-0.39, 0.29) is 11.6 Å². The van der Waals surface area contributed by atoms with Gasteiger partial charge in [-0.1, -0.05) is 31.2 Å². The number of carbonyl (C=O) groups is 1. The number of ether oxygens (including phenoxy) is 1. The Kier molecular flexibility index (Phi) is 5.30. The van der Waals surface area contributed by atoms with Crippen molar-refractivity contribution in [2.45, 2.75) is 26.4 Å². The average molecular weight is 314 g/mol. The molecule has 2 rings (SSSR count). The van der Waals surface area contributed by atoms with E-state index in [9.17, 15) is 14.9 Å². The summed E-state index contributed by atoms with van der Waals surface area (Å²) in [6, 6.07) is 13.3. The van der Waals surface area contributed by atoms with Gasteiger partial charge in [0.05, 0.1) is 4.92 Å². The van der Waals surface area contributed by atoms with Crippen LogP contribution in [0.5, 0.6) is 5.75 Å². The highest BCUT2D eigenvalue weighted by Crippen LogP contribution is 2.21. The van der Waals surface area contributed by atoms with E-state index < -0.39 is 11.0 Å². The third kappa shape index (κ3) is 4.29. The lowest BCUT2D eigenvalue weighted by molar-refractivity contribution is -0.384. The summed E-state index contributed by atoms with van der Waals surface area (Å²) in [7, 11) is 0. The normalized spacial score (nSPS) is 11.6. The van der Waals surface area contributed by atoms with Crippen LogP contribution in [-0.2, 0) is 4.79 Å². The number of hydrogen-bond donors (Lipinski definition) is 1. The summed E-state index contributed by atoms with van der Waals surface area (Å²) in [6.45, 7) is 3.75. The largest absolute Gasteiger partial charge is 0.480 e. The van der Waals surface area contributed by atoms with Crippen LogP contribution in [0.4, 0.5) is 11.4 Å². The average Bonchev–Trinajstić information content (AvgIpc) is 2.54. The van der Waals surface area contributed by atoms with Gasteiger partial charge in [-0.05, 0) is 31.0 Å². The summed E-state index contributed by atoms with van der Waals surface area (Å²) in [4.78, 5) is 22.6. The first-order chi connectivity index (χ1) is 11.0. The molecule has 0 aliphatic rings. The number of nitro groups is 1. The number of carbonyl (C=O) groups excluding carboxylic acids is 1. The van der Waals surface area contributed by atoms with E-state index >= 15 is 0 Å². The van der Waals surface area contributed by atoms with Gasteiger partial charge in [-0.3, -0.25) is 14.9 Å². The maximum atomic E-state index is 12.3. The lowest BCUT2D eigenvalue weighted by Crippen LogP contribution is -2.32. The molecule has 0 radical (unpaired) electrons. The van der Waals surface area contributed by atoms with Crippen LogP contribution in [0.25, 0.3) is 0 Å². The van der Waals surface area contributed by atoms with Crippen LogP contribution in [0.1, 0.15) is 18.9 Å². The summed E-state index contributed by atoms with van der Waals surface area (Å²) in [5, 5.41) is 13.4. The topological polar surface area (TPSA) is 81.5 Å². The van der Waals surface area contributed by atoms with Crippen LogP contribution in [0, 0.1) is 17.0 Å². The van der Waals surface area contributed by atoms with Crippen molar-refractivity contribution >= 4 is 17.3 Å². The van der Waals surface area contributed by atoms with E-state index in [1.807, 2.05) is 32.0 Å². The predicted molar refractivity (Wildman–Crippen MR) is 87.6 cm³/mol. The second-order valence-corrected chi connectivity index (χ2v) is 5.08. The van der Waals surface area contributed by atoms with E-state index in [0.717, 1.165) is 5.56 Å². The lowest BCUT2D eigenvalue weighted by Gasteiger charge is -2.18. The third-order valence-corrected chi connectivity index (χ3v) is 3.35. The molecule has 2 aromatic carbocycles. The highest BCUT2D eigenvalue weighted by Gasteiger charge is 2.20. The van der Waals surface area contributed by atoms with Gasteiger partial charge in [0.2, 0.25) is 0 Å². The molecule has 0 bridgehead atoms. The maximum absolute atomic E-state index is 12.3. The van der Waals surface area contributed by atoms with Crippen LogP contribution >= 0.6 is 0 Å². The van der Waals surface area contributed by atoms with Crippen molar-refractivity contribution in [2.75, 3.05) is 5.32 Å². The Morgan fingerprint density at radius 2 is 2.00 bits per heavy atom. The third-order valence-electron chi connectivity index (χ3n) is 3.35. The Balaban J connectivity index is 2.10. The molecule has 6 nitrogen and oxygen atoms in total. The Labute approximate surface area is 134 Å². The van der Waals surface area contributed by atoms with E-state index in [1.54, 1.807) is 12.1 Å². The fraction of sp³-hybridized carbons (Fsp3) is 0.235. The highest BCUT2D eigenvalue weighted by atomic mass is 16.6. The Morgan fingerprint density at radius 1 is 1.26 bits per heavy atom. The first-order valence-electron chi connectivity index (χ1n) is 7.29. The number of amides is 1. The zero-order chi connectivity index (χ0) is 16.8. The van der Waals surface area contributed by atoms with Gasteiger partial charge in [0, 0.05) is 17.8 Å². The molecule has 120 valence electrons. The van der Waals surface area contributed by atoms with Crippen molar-refractivity contribution in [2.24, 2.45) is 0 Å². The van der Waals surface area contributed by atoms with Crippen molar-refractivity contribution in [1.29, 1.82) is 0 Å². The first-order valence-corrected chi connectivity index (χ1v) is 7.29. The summed E-state index contributed by atoms with van der Waals surface area (Å²) in [5.74, 6) is 0.310. The second-order valence-electron chi connectivity index (χ2n) is 5.08. The SMILES string of the molecule is CCC(Oc1ccccc1C)C(=O)Nc1cccc([N+](=O)[O-])c1. The lowest BCUT2D eigenvalue weighted by atomic mass is 10.2. The van der Waals surface area contributed by atoms with Crippen LogP contribution in [0.2, 0.25) is 0 Å². The number of nitrogens with zero attached hydrogens (tertiary/aromatic N) is 1. The first kappa shape index (κ1) is 16.5. The van der Waals surface area contributed by atoms with E-state index in [0.29, 0.717) is 17.9 Å². The second kappa shape index (κ2) is 7.40. The van der Waals surface area contributed by atoms with Crippen LogP contribution in [0.15, 0.2) is 48.5 Å². The molecule has 2 aromatic rings. The molecule has 23 heavy (non-hydrogen) atoms.